The molecule has 0 heterocycles. The second-order valence-electron chi connectivity index (χ2n) is 6.19. The number of hydrogen-bond acceptors (Lipinski definition) is 5. The van der Waals surface area contributed by atoms with E-state index < -0.39 is 12.0 Å². The average Bonchev–Trinajstić information content (AvgIpc) is 2.72. The van der Waals surface area contributed by atoms with E-state index in [4.69, 9.17) is 38.0 Å². The Morgan fingerprint density at radius 3 is 2.52 bits per heavy atom. The lowest BCUT2D eigenvalue weighted by Crippen LogP contribution is -2.39. The maximum Gasteiger partial charge on any atom is 0.247 e. The van der Waals surface area contributed by atoms with Crippen LogP contribution in [0, 0.1) is 12.3 Å². The number of hydrogen-bond donors (Lipinski definition) is 1. The van der Waals surface area contributed by atoms with Gasteiger partial charge in [-0.15, -0.1) is 18.2 Å². The topological polar surface area (TPSA) is 70.8 Å². The van der Waals surface area contributed by atoms with Crippen molar-refractivity contribution in [2.45, 2.75) is 29.1 Å². The summed E-state index contributed by atoms with van der Waals surface area (Å²) in [6.45, 7) is 0.170. The minimum Gasteiger partial charge on any atom is -0.493 e. The van der Waals surface area contributed by atoms with Crippen molar-refractivity contribution in [2.75, 3.05) is 20.8 Å². The molecule has 2 N–H and O–H groups in total. The monoisotopic (exact) mass is 433 g/mol. The van der Waals surface area contributed by atoms with Gasteiger partial charge in [-0.1, -0.05) is 23.6 Å². The number of carbonyl (C=O) groups excluding carboxylic acids is 1. The van der Waals surface area contributed by atoms with E-state index in [1.807, 2.05) is 42.5 Å². The zero-order valence-corrected chi connectivity index (χ0v) is 18.0. The highest BCUT2D eigenvalue weighted by molar-refractivity contribution is 8.00. The summed E-state index contributed by atoms with van der Waals surface area (Å²) < 4.78 is 16.3. The Morgan fingerprint density at radius 2 is 1.93 bits per heavy atom. The van der Waals surface area contributed by atoms with E-state index in [1.54, 1.807) is 7.11 Å². The first-order chi connectivity index (χ1) is 14.0. The normalized spacial score (nSPS) is 12.6. The maximum atomic E-state index is 11.9. The summed E-state index contributed by atoms with van der Waals surface area (Å²) in [4.78, 5) is 12.9. The molecule has 2 unspecified atom stereocenters. The van der Waals surface area contributed by atoms with Crippen molar-refractivity contribution in [2.24, 2.45) is 5.73 Å². The average molecular weight is 434 g/mol. The molecule has 2 aromatic carbocycles. The van der Waals surface area contributed by atoms with Crippen molar-refractivity contribution in [3.8, 4) is 23.8 Å². The molecule has 154 valence electrons. The fraction of sp³-hybridized carbons (Fsp3) is 0.318. The zero-order valence-electron chi connectivity index (χ0n) is 16.4. The zero-order chi connectivity index (χ0) is 21.2. The van der Waals surface area contributed by atoms with Crippen molar-refractivity contribution in [1.82, 2.24) is 0 Å². The predicted molar refractivity (Wildman–Crippen MR) is 117 cm³/mol. The number of ether oxygens (including phenoxy) is 3. The molecule has 0 saturated heterocycles. The van der Waals surface area contributed by atoms with E-state index in [1.165, 1.54) is 18.9 Å². The van der Waals surface area contributed by atoms with Gasteiger partial charge in [0.2, 0.25) is 5.91 Å². The van der Waals surface area contributed by atoms with Gasteiger partial charge in [-0.2, -0.15) is 0 Å². The van der Waals surface area contributed by atoms with Gasteiger partial charge in [-0.3, -0.25) is 4.79 Å². The fourth-order valence-corrected chi connectivity index (χ4v) is 4.20. The number of methoxy groups -OCH3 is 2. The number of aryl methyl sites for hydroxylation is 1. The summed E-state index contributed by atoms with van der Waals surface area (Å²) in [6, 6.07) is 13.1. The second kappa shape index (κ2) is 11.6. The van der Waals surface area contributed by atoms with Crippen LogP contribution in [0.4, 0.5) is 0 Å². The van der Waals surface area contributed by atoms with Gasteiger partial charge >= 0.3 is 0 Å². The molecule has 2 atom stereocenters. The Balaban J connectivity index is 2.15. The SMILES string of the molecule is C#CCOc1ccc(CCC(Sc2ccc(Cl)cc2)C(OC)C(N)=O)cc1OC. The largest absolute Gasteiger partial charge is 0.493 e. The Labute approximate surface area is 180 Å². The first-order valence-electron chi connectivity index (χ1n) is 8.96. The molecule has 0 radical (unpaired) electrons. The minimum atomic E-state index is -0.712. The molecule has 29 heavy (non-hydrogen) atoms. The van der Waals surface area contributed by atoms with Crippen molar-refractivity contribution in [3.63, 3.8) is 0 Å². The lowest BCUT2D eigenvalue weighted by molar-refractivity contribution is -0.127. The number of carbonyl (C=O) groups is 1. The van der Waals surface area contributed by atoms with Crippen molar-refractivity contribution in [1.29, 1.82) is 0 Å². The summed E-state index contributed by atoms with van der Waals surface area (Å²) in [6.07, 6.45) is 5.90. The van der Waals surface area contributed by atoms with Gasteiger partial charge in [0.15, 0.2) is 11.5 Å². The molecule has 5 nitrogen and oxygen atoms in total. The van der Waals surface area contributed by atoms with Gasteiger partial charge in [0.1, 0.15) is 12.7 Å². The van der Waals surface area contributed by atoms with Gasteiger partial charge < -0.3 is 19.9 Å². The number of rotatable bonds is 11. The van der Waals surface area contributed by atoms with Crippen LogP contribution in [0.1, 0.15) is 12.0 Å². The third-order valence-electron chi connectivity index (χ3n) is 4.23. The number of primary amides is 1. The molecule has 0 spiro atoms. The highest BCUT2D eigenvalue weighted by atomic mass is 35.5. The van der Waals surface area contributed by atoms with Gasteiger partial charge in [-0.05, 0) is 54.8 Å². The van der Waals surface area contributed by atoms with Crippen LogP contribution in [-0.2, 0) is 16.0 Å². The molecule has 0 aromatic heterocycles. The third-order valence-corrected chi connectivity index (χ3v) is 5.81. The Kier molecular flexibility index (Phi) is 9.20. The van der Waals surface area contributed by atoms with E-state index in [-0.39, 0.29) is 11.9 Å². The molecule has 0 fully saturated rings. The lowest BCUT2D eigenvalue weighted by Gasteiger charge is -2.23. The number of amides is 1. The quantitative estimate of drug-likeness (QED) is 0.429. The first-order valence-corrected chi connectivity index (χ1v) is 10.2. The number of thioether (sulfide) groups is 1. The summed E-state index contributed by atoms with van der Waals surface area (Å²) >= 11 is 7.50. The van der Waals surface area contributed by atoms with Crippen LogP contribution in [0.15, 0.2) is 47.4 Å². The van der Waals surface area contributed by atoms with E-state index in [0.717, 1.165) is 10.5 Å². The molecule has 2 rings (SSSR count). The summed E-state index contributed by atoms with van der Waals surface area (Å²) in [7, 11) is 3.07. The summed E-state index contributed by atoms with van der Waals surface area (Å²) in [5, 5.41) is 0.491. The van der Waals surface area contributed by atoms with Crippen molar-refractivity contribution in [3.05, 3.63) is 53.1 Å². The van der Waals surface area contributed by atoms with Crippen LogP contribution < -0.4 is 15.2 Å². The van der Waals surface area contributed by atoms with E-state index in [2.05, 4.69) is 5.92 Å². The highest BCUT2D eigenvalue weighted by Gasteiger charge is 2.27. The second-order valence-corrected chi connectivity index (χ2v) is 7.93. The summed E-state index contributed by atoms with van der Waals surface area (Å²) in [5.41, 5.74) is 6.59. The van der Waals surface area contributed by atoms with Crippen LogP contribution in [0.25, 0.3) is 0 Å². The van der Waals surface area contributed by atoms with Gasteiger partial charge in [-0.25, -0.2) is 0 Å². The fourth-order valence-electron chi connectivity index (χ4n) is 2.83. The van der Waals surface area contributed by atoms with Gasteiger partial charge in [0.05, 0.1) is 7.11 Å². The van der Waals surface area contributed by atoms with Gasteiger partial charge in [0, 0.05) is 22.3 Å². The predicted octanol–water partition coefficient (Wildman–Crippen LogP) is 3.95. The molecule has 7 heteroatoms. The Bertz CT molecular complexity index is 851. The van der Waals surface area contributed by atoms with Crippen LogP contribution in [0.3, 0.4) is 0 Å². The van der Waals surface area contributed by atoms with E-state index >= 15 is 0 Å². The lowest BCUT2D eigenvalue weighted by atomic mass is 10.0. The third kappa shape index (κ3) is 6.90. The van der Waals surface area contributed by atoms with Crippen molar-refractivity contribution >= 4 is 29.3 Å². The molecule has 0 saturated carbocycles. The van der Waals surface area contributed by atoms with Gasteiger partial charge in [0.25, 0.3) is 0 Å². The first kappa shape index (κ1) is 23.0. The molecule has 0 aliphatic heterocycles. The number of nitrogens with two attached hydrogens (primary N) is 1. The Hall–Kier alpha value is -2.33. The minimum absolute atomic E-state index is 0.165. The molecule has 2 aromatic rings. The van der Waals surface area contributed by atoms with Crippen molar-refractivity contribution < 1.29 is 19.0 Å². The van der Waals surface area contributed by atoms with Crippen LogP contribution in [0.2, 0.25) is 5.02 Å². The molecule has 0 aliphatic rings. The maximum absolute atomic E-state index is 11.9. The highest BCUT2D eigenvalue weighted by Crippen LogP contribution is 2.33. The van der Waals surface area contributed by atoms with Crippen LogP contribution >= 0.6 is 23.4 Å². The number of halogens is 1. The molecular formula is C22H24ClNO4S. The Morgan fingerprint density at radius 1 is 1.21 bits per heavy atom. The van der Waals surface area contributed by atoms with E-state index in [9.17, 15) is 4.79 Å². The van der Waals surface area contributed by atoms with Crippen LogP contribution in [0.5, 0.6) is 11.5 Å². The standard InChI is InChI=1S/C22H24ClNO4S/c1-4-13-28-18-11-5-15(14-19(18)26-2)6-12-20(21(27-3)22(24)25)29-17-9-7-16(23)8-10-17/h1,5,7-11,14,20-21H,6,12-13H2,2-3H3,(H2,24,25). The van der Waals surface area contributed by atoms with Crippen LogP contribution in [-0.4, -0.2) is 38.1 Å². The molecule has 1 amide bonds. The van der Waals surface area contributed by atoms with E-state index in [0.29, 0.717) is 29.4 Å². The smallest absolute Gasteiger partial charge is 0.247 e. The number of benzene rings is 2. The summed E-state index contributed by atoms with van der Waals surface area (Å²) in [5.74, 6) is 3.14. The number of terminal acetylenes is 1. The molecular weight excluding hydrogens is 410 g/mol. The molecule has 0 bridgehead atoms. The molecule has 0 aliphatic carbocycles.